The van der Waals surface area contributed by atoms with Crippen molar-refractivity contribution in [2.24, 2.45) is 4.99 Å². The van der Waals surface area contributed by atoms with Crippen LogP contribution in [-0.4, -0.2) is 87.3 Å². The minimum Gasteiger partial charge on any atom is -0.494 e. The fraction of sp³-hybridized carbons (Fsp3) is 0.237. The number of likely N-dealkylation sites (N-methyl/N-ethyl adjacent to an activating group) is 1. The molecular weight excluding hydrogens is 716 g/mol. The molecule has 0 bridgehead atoms. The molecule has 0 amide bonds. The molecule has 0 saturated carbocycles. The van der Waals surface area contributed by atoms with Gasteiger partial charge in [-0.1, -0.05) is 29.3 Å². The Bertz CT molecular complexity index is 2420. The van der Waals surface area contributed by atoms with Crippen LogP contribution in [0.3, 0.4) is 0 Å². The summed E-state index contributed by atoms with van der Waals surface area (Å²) in [4.78, 5) is 59.0. The highest BCUT2D eigenvalue weighted by atomic mass is 19.1. The predicted octanol–water partition coefficient (Wildman–Crippen LogP) is 5.04. The van der Waals surface area contributed by atoms with Crippen LogP contribution in [0.2, 0.25) is 0 Å². The predicted molar refractivity (Wildman–Crippen MR) is 200 cm³/mol. The molecule has 0 unspecified atom stereocenters. The van der Waals surface area contributed by atoms with Gasteiger partial charge in [0.25, 0.3) is 5.56 Å². The molecule has 15 nitrogen and oxygen atoms in total. The summed E-state index contributed by atoms with van der Waals surface area (Å²) in [7, 11) is 6.25. The number of aliphatic imine (C=N–C) groups is 1. The molecule has 3 aromatic heterocycles. The summed E-state index contributed by atoms with van der Waals surface area (Å²) in [6.07, 6.45) is 9.50. The number of allylic oxidation sites excluding steroid dienone is 1. The van der Waals surface area contributed by atoms with Crippen molar-refractivity contribution in [3.05, 3.63) is 128 Å². The Balaban J connectivity index is 1.31. The Labute approximate surface area is 313 Å². The van der Waals surface area contributed by atoms with Crippen molar-refractivity contribution in [3.63, 3.8) is 0 Å². The molecule has 5 aromatic rings. The molecule has 0 spiro atoms. The molecule has 1 aliphatic heterocycles. The van der Waals surface area contributed by atoms with Crippen LogP contribution in [0.1, 0.15) is 17.5 Å². The number of hydrogen-bond acceptors (Lipinski definition) is 12. The van der Waals surface area contributed by atoms with Gasteiger partial charge in [-0.05, 0) is 40.3 Å². The second kappa shape index (κ2) is 16.1. The lowest BCUT2D eigenvalue weighted by Gasteiger charge is -2.28. The Hall–Kier alpha value is -6.75. The largest absolute Gasteiger partial charge is 0.494 e. The SMILES string of the molecule is COc1cc(OC)c(F)c(-c2cc3cnc(Nc4ccncn4)nc3n(Cc3cccc(CC(=O)/C=C/C[N+](C)(C)CC4=C([N+](=O)[O-])N=CC4)c3)c2=O)c1F. The number of ether oxygens (including phenoxy) is 2. The first-order valence-electron chi connectivity index (χ1n) is 16.9. The molecule has 17 heteroatoms. The van der Waals surface area contributed by atoms with E-state index >= 15 is 8.78 Å². The van der Waals surface area contributed by atoms with Gasteiger partial charge in [0.05, 0.1) is 58.1 Å². The van der Waals surface area contributed by atoms with Gasteiger partial charge in [0, 0.05) is 36.7 Å². The van der Waals surface area contributed by atoms with Gasteiger partial charge in [-0.2, -0.15) is 4.98 Å². The molecule has 282 valence electrons. The lowest BCUT2D eigenvalue weighted by Crippen LogP contribution is -2.41. The van der Waals surface area contributed by atoms with Crippen molar-refractivity contribution in [2.45, 2.75) is 19.4 Å². The van der Waals surface area contributed by atoms with Gasteiger partial charge < -0.3 is 29.4 Å². The highest BCUT2D eigenvalue weighted by molar-refractivity contribution is 5.91. The van der Waals surface area contributed by atoms with Gasteiger partial charge in [0.1, 0.15) is 30.6 Å². The van der Waals surface area contributed by atoms with Crippen LogP contribution in [0.4, 0.5) is 20.5 Å². The molecule has 0 fully saturated rings. The van der Waals surface area contributed by atoms with Crippen LogP contribution in [0, 0.1) is 21.7 Å². The standard InChI is InChI=1S/C38H35F2N9O6/c1-49(2,21-25-10-13-42-35(25)48(52)53)14-6-9-27(50)16-23-7-5-8-24(15-23)20-47-36-26(19-43-38(46-36)45-31-11-12-41-22-44-31)17-28(37(47)51)32-33(39)29(54-3)18-30(55-4)34(32)40/h5-9,11-13,15,17-19,22H,10,14,16,20-21H2,1-4H3/p+1/b9-6+. The zero-order chi connectivity index (χ0) is 39.3. The zero-order valence-corrected chi connectivity index (χ0v) is 30.3. The number of halogens is 2. The van der Waals surface area contributed by atoms with Crippen LogP contribution in [0.5, 0.6) is 11.5 Å². The summed E-state index contributed by atoms with van der Waals surface area (Å²) in [6, 6.07) is 11.0. The second-order valence-electron chi connectivity index (χ2n) is 13.3. The summed E-state index contributed by atoms with van der Waals surface area (Å²) in [5.74, 6) is -2.63. The minimum atomic E-state index is -1.09. The molecule has 0 atom stereocenters. The van der Waals surface area contributed by atoms with Crippen LogP contribution >= 0.6 is 0 Å². The normalized spacial score (nSPS) is 12.8. The maximum atomic E-state index is 15.8. The number of anilines is 2. The molecule has 0 saturated heterocycles. The third-order valence-corrected chi connectivity index (χ3v) is 8.76. The first-order chi connectivity index (χ1) is 26.4. The van der Waals surface area contributed by atoms with Crippen LogP contribution < -0.4 is 20.3 Å². The van der Waals surface area contributed by atoms with E-state index in [0.717, 1.165) is 6.07 Å². The van der Waals surface area contributed by atoms with Gasteiger partial charge in [0.15, 0.2) is 28.9 Å². The number of pyridine rings is 1. The van der Waals surface area contributed by atoms with Crippen LogP contribution in [0.15, 0.2) is 94.5 Å². The molecule has 0 radical (unpaired) electrons. The van der Waals surface area contributed by atoms with Crippen LogP contribution in [0.25, 0.3) is 22.2 Å². The van der Waals surface area contributed by atoms with E-state index in [0.29, 0.717) is 51.9 Å². The number of carbonyl (C=O) groups is 1. The quantitative estimate of drug-likeness (QED) is 0.0656. The van der Waals surface area contributed by atoms with Gasteiger partial charge in [0.2, 0.25) is 5.95 Å². The molecule has 4 heterocycles. The number of hydrogen-bond donors (Lipinski definition) is 1. The first kappa shape index (κ1) is 38.0. The average molecular weight is 753 g/mol. The Kier molecular flexibility index (Phi) is 11.1. The summed E-state index contributed by atoms with van der Waals surface area (Å²) in [5.41, 5.74) is 0.341. The van der Waals surface area contributed by atoms with E-state index in [1.807, 2.05) is 14.1 Å². The number of aromatic nitrogens is 5. The maximum absolute atomic E-state index is 15.8. The first-order valence-corrected chi connectivity index (χ1v) is 16.9. The summed E-state index contributed by atoms with van der Waals surface area (Å²) >= 11 is 0. The van der Waals surface area contributed by atoms with Crippen molar-refractivity contribution in [1.29, 1.82) is 0 Å². The number of methoxy groups -OCH3 is 2. The fourth-order valence-electron chi connectivity index (χ4n) is 6.21. The van der Waals surface area contributed by atoms with E-state index in [2.05, 4.69) is 30.2 Å². The van der Waals surface area contributed by atoms with E-state index in [1.54, 1.807) is 36.4 Å². The third kappa shape index (κ3) is 8.57. The zero-order valence-electron chi connectivity index (χ0n) is 30.3. The van der Waals surface area contributed by atoms with E-state index in [4.69, 9.17) is 9.47 Å². The summed E-state index contributed by atoms with van der Waals surface area (Å²) in [6.45, 7) is 0.759. The topological polar surface area (TPSA) is 177 Å². The van der Waals surface area contributed by atoms with Gasteiger partial charge in [-0.3, -0.25) is 14.2 Å². The molecule has 6 rings (SSSR count). The molecular formula is C38H36F2N9O6+. The number of nitrogens with zero attached hydrogens (tertiary/aromatic N) is 8. The number of rotatable bonds is 15. The third-order valence-electron chi connectivity index (χ3n) is 8.76. The number of nitro groups is 1. The molecule has 0 aliphatic carbocycles. The lowest BCUT2D eigenvalue weighted by molar-refractivity contribution is -0.880. The maximum Gasteiger partial charge on any atom is 0.368 e. The smallest absolute Gasteiger partial charge is 0.368 e. The number of benzene rings is 2. The number of carbonyl (C=O) groups excluding carboxylic acids is 1. The summed E-state index contributed by atoms with van der Waals surface area (Å²) in [5, 5.41) is 14.6. The lowest BCUT2D eigenvalue weighted by atomic mass is 10.0. The molecule has 1 N–H and O–H groups in total. The molecule has 1 aliphatic rings. The van der Waals surface area contributed by atoms with Crippen LogP contribution in [-0.2, 0) is 17.8 Å². The van der Waals surface area contributed by atoms with Gasteiger partial charge >= 0.3 is 5.82 Å². The summed E-state index contributed by atoms with van der Waals surface area (Å²) < 4.78 is 43.4. The van der Waals surface area contributed by atoms with Crippen molar-refractivity contribution in [3.8, 4) is 22.6 Å². The van der Waals surface area contributed by atoms with E-state index in [1.165, 1.54) is 55.9 Å². The van der Waals surface area contributed by atoms with E-state index < -0.39 is 27.7 Å². The van der Waals surface area contributed by atoms with E-state index in [-0.39, 0.29) is 53.2 Å². The second-order valence-corrected chi connectivity index (χ2v) is 13.3. The average Bonchev–Trinajstić information content (AvgIpc) is 3.62. The molecule has 55 heavy (non-hydrogen) atoms. The number of fused-ring (bicyclic) bond motifs is 1. The number of ketones is 1. The van der Waals surface area contributed by atoms with Gasteiger partial charge in [-0.25, -0.2) is 23.7 Å². The van der Waals surface area contributed by atoms with Crippen molar-refractivity contribution >= 4 is 34.8 Å². The van der Waals surface area contributed by atoms with E-state index in [9.17, 15) is 19.7 Å². The highest BCUT2D eigenvalue weighted by Crippen LogP contribution is 2.37. The minimum absolute atomic E-state index is 0.0487. The van der Waals surface area contributed by atoms with Crippen molar-refractivity contribution in [2.75, 3.05) is 46.7 Å². The van der Waals surface area contributed by atoms with Gasteiger partial charge in [-0.15, -0.1) is 0 Å². The monoisotopic (exact) mass is 752 g/mol. The highest BCUT2D eigenvalue weighted by Gasteiger charge is 2.29. The Morgan fingerprint density at radius 3 is 2.51 bits per heavy atom. The number of nitrogens with one attached hydrogen (secondary N) is 1. The number of quaternary nitrogens is 1. The Morgan fingerprint density at radius 2 is 1.82 bits per heavy atom. The van der Waals surface area contributed by atoms with Crippen molar-refractivity contribution < 1.29 is 32.5 Å². The van der Waals surface area contributed by atoms with Crippen molar-refractivity contribution in [1.82, 2.24) is 24.5 Å². The Morgan fingerprint density at radius 1 is 1.07 bits per heavy atom. The molecule has 2 aromatic carbocycles. The fourth-order valence-corrected chi connectivity index (χ4v) is 6.21.